The molecule has 0 unspecified atom stereocenters. The van der Waals surface area contributed by atoms with E-state index >= 15 is 0 Å². The van der Waals surface area contributed by atoms with Gasteiger partial charge in [-0.1, -0.05) is 0 Å². The van der Waals surface area contributed by atoms with E-state index in [9.17, 15) is 0 Å². The Morgan fingerprint density at radius 2 is 2.17 bits per heavy atom. The Morgan fingerprint density at radius 1 is 1.39 bits per heavy atom. The number of hydrogen-bond acceptors (Lipinski definition) is 4. The highest BCUT2D eigenvalue weighted by Crippen LogP contribution is 2.20. The van der Waals surface area contributed by atoms with Gasteiger partial charge in [-0.3, -0.25) is 0 Å². The minimum atomic E-state index is 0.680. The van der Waals surface area contributed by atoms with Gasteiger partial charge in [0.15, 0.2) is 0 Å². The summed E-state index contributed by atoms with van der Waals surface area (Å²) in [6, 6.07) is 4.89. The summed E-state index contributed by atoms with van der Waals surface area (Å²) in [6.45, 7) is 4.52. The first-order chi connectivity index (χ1) is 8.63. The number of nitrogens with zero attached hydrogens (tertiary/aromatic N) is 2. The molecule has 1 aromatic heterocycles. The minimum Gasteiger partial charge on any atom is -0.476 e. The highest BCUT2D eigenvalue weighted by atomic mass is 16.5. The fraction of sp³-hybridized carbons (Fsp3) is 0.643. The second-order valence-electron chi connectivity index (χ2n) is 5.26. The molecule has 0 aromatic carbocycles. The Hall–Kier alpha value is -1.13. The van der Waals surface area contributed by atoms with Gasteiger partial charge in [-0.2, -0.15) is 0 Å². The molecule has 0 atom stereocenters. The number of pyridine rings is 1. The van der Waals surface area contributed by atoms with E-state index in [1.54, 1.807) is 0 Å². The highest BCUT2D eigenvalue weighted by Gasteiger charge is 2.20. The standard InChI is InChI=1S/C14H23N3O/c1-11-8-12(10-15-13-4-5-13)9-14(16-11)18-7-6-17(2)3/h8-9,13,15H,4-7,10H2,1-3H3. The molecular formula is C14H23N3O. The van der Waals surface area contributed by atoms with Crippen LogP contribution >= 0.6 is 0 Å². The summed E-state index contributed by atoms with van der Waals surface area (Å²) >= 11 is 0. The summed E-state index contributed by atoms with van der Waals surface area (Å²) < 4.78 is 5.68. The van der Waals surface area contributed by atoms with Crippen LogP contribution in [0.25, 0.3) is 0 Å². The van der Waals surface area contributed by atoms with Crippen LogP contribution in [0.4, 0.5) is 0 Å². The van der Waals surface area contributed by atoms with Crippen molar-refractivity contribution in [2.75, 3.05) is 27.2 Å². The molecule has 100 valence electrons. The van der Waals surface area contributed by atoms with Gasteiger partial charge in [-0.25, -0.2) is 4.98 Å². The lowest BCUT2D eigenvalue weighted by atomic mass is 10.2. The Kier molecular flexibility index (Phi) is 4.55. The van der Waals surface area contributed by atoms with Gasteiger partial charge in [-0.05, 0) is 45.5 Å². The lowest BCUT2D eigenvalue weighted by Crippen LogP contribution is -2.20. The third-order valence-corrected chi connectivity index (χ3v) is 2.95. The molecule has 2 rings (SSSR count). The van der Waals surface area contributed by atoms with Gasteiger partial charge in [-0.15, -0.1) is 0 Å². The molecule has 0 amide bonds. The van der Waals surface area contributed by atoms with Gasteiger partial charge in [0.1, 0.15) is 6.61 Å². The van der Waals surface area contributed by atoms with Crippen LogP contribution in [0.3, 0.4) is 0 Å². The van der Waals surface area contributed by atoms with E-state index in [1.165, 1.54) is 18.4 Å². The molecular weight excluding hydrogens is 226 g/mol. The van der Waals surface area contributed by atoms with Crippen LogP contribution in [0.15, 0.2) is 12.1 Å². The Labute approximate surface area is 109 Å². The Balaban J connectivity index is 1.87. The molecule has 1 aliphatic carbocycles. The highest BCUT2D eigenvalue weighted by molar-refractivity contribution is 5.24. The average Bonchev–Trinajstić information content (AvgIpc) is 3.09. The molecule has 18 heavy (non-hydrogen) atoms. The summed E-state index contributed by atoms with van der Waals surface area (Å²) in [5, 5.41) is 3.51. The molecule has 0 radical (unpaired) electrons. The van der Waals surface area contributed by atoms with Crippen LogP contribution in [-0.2, 0) is 6.54 Å². The second kappa shape index (κ2) is 6.16. The Bertz CT molecular complexity index is 389. The number of hydrogen-bond donors (Lipinski definition) is 1. The van der Waals surface area contributed by atoms with E-state index in [0.717, 1.165) is 30.7 Å². The van der Waals surface area contributed by atoms with Crippen molar-refractivity contribution in [1.82, 2.24) is 15.2 Å². The maximum Gasteiger partial charge on any atom is 0.213 e. The van der Waals surface area contributed by atoms with Gasteiger partial charge in [0.2, 0.25) is 5.88 Å². The summed E-state index contributed by atoms with van der Waals surface area (Å²) in [6.07, 6.45) is 2.63. The molecule has 1 N–H and O–H groups in total. The van der Waals surface area contributed by atoms with Gasteiger partial charge in [0.25, 0.3) is 0 Å². The lowest BCUT2D eigenvalue weighted by Gasteiger charge is -2.12. The van der Waals surface area contributed by atoms with Crippen LogP contribution in [0.2, 0.25) is 0 Å². The van der Waals surface area contributed by atoms with Crippen molar-refractivity contribution in [1.29, 1.82) is 0 Å². The number of aromatic nitrogens is 1. The summed E-state index contributed by atoms with van der Waals surface area (Å²) in [7, 11) is 4.08. The van der Waals surface area contributed by atoms with Crippen molar-refractivity contribution in [2.24, 2.45) is 0 Å². The van der Waals surface area contributed by atoms with Gasteiger partial charge in [0.05, 0.1) is 0 Å². The molecule has 0 aliphatic heterocycles. The van der Waals surface area contributed by atoms with E-state index in [-0.39, 0.29) is 0 Å². The molecule has 1 aromatic rings. The van der Waals surface area contributed by atoms with Gasteiger partial charge in [0, 0.05) is 30.9 Å². The molecule has 0 saturated heterocycles. The van der Waals surface area contributed by atoms with E-state index in [4.69, 9.17) is 4.74 Å². The zero-order valence-corrected chi connectivity index (χ0v) is 11.6. The zero-order chi connectivity index (χ0) is 13.0. The molecule has 4 nitrogen and oxygen atoms in total. The topological polar surface area (TPSA) is 37.4 Å². The summed E-state index contributed by atoms with van der Waals surface area (Å²) in [5.74, 6) is 0.740. The third kappa shape index (κ3) is 4.63. The quantitative estimate of drug-likeness (QED) is 0.796. The van der Waals surface area contributed by atoms with E-state index in [2.05, 4.69) is 21.3 Å². The maximum atomic E-state index is 5.68. The van der Waals surface area contributed by atoms with E-state index < -0.39 is 0 Å². The minimum absolute atomic E-state index is 0.680. The van der Waals surface area contributed by atoms with Crippen LogP contribution in [0.5, 0.6) is 5.88 Å². The molecule has 0 spiro atoms. The predicted molar refractivity (Wildman–Crippen MR) is 72.9 cm³/mol. The van der Waals surface area contributed by atoms with Gasteiger partial charge >= 0.3 is 0 Å². The molecule has 1 heterocycles. The molecule has 1 fully saturated rings. The molecule has 1 saturated carbocycles. The SMILES string of the molecule is Cc1cc(CNC2CC2)cc(OCCN(C)C)n1. The number of likely N-dealkylation sites (N-methyl/N-ethyl adjacent to an activating group) is 1. The second-order valence-corrected chi connectivity index (χ2v) is 5.26. The van der Waals surface area contributed by atoms with Gasteiger partial charge < -0.3 is 15.0 Å². The van der Waals surface area contributed by atoms with E-state index in [0.29, 0.717) is 6.61 Å². The maximum absolute atomic E-state index is 5.68. The van der Waals surface area contributed by atoms with Crippen LogP contribution in [0, 0.1) is 6.92 Å². The van der Waals surface area contributed by atoms with Crippen molar-refractivity contribution >= 4 is 0 Å². The average molecular weight is 249 g/mol. The first-order valence-corrected chi connectivity index (χ1v) is 6.62. The van der Waals surface area contributed by atoms with Crippen molar-refractivity contribution in [3.05, 3.63) is 23.4 Å². The zero-order valence-electron chi connectivity index (χ0n) is 11.6. The van der Waals surface area contributed by atoms with E-state index in [1.807, 2.05) is 27.1 Å². The van der Waals surface area contributed by atoms with Crippen LogP contribution in [-0.4, -0.2) is 43.2 Å². The Morgan fingerprint density at radius 3 is 2.83 bits per heavy atom. The third-order valence-electron chi connectivity index (χ3n) is 2.95. The monoisotopic (exact) mass is 249 g/mol. The van der Waals surface area contributed by atoms with Crippen LogP contribution in [0.1, 0.15) is 24.1 Å². The molecule has 1 aliphatic rings. The normalized spacial score (nSPS) is 15.1. The van der Waals surface area contributed by atoms with Crippen molar-refractivity contribution < 1.29 is 4.74 Å². The number of rotatable bonds is 7. The lowest BCUT2D eigenvalue weighted by molar-refractivity contribution is 0.253. The number of nitrogens with one attached hydrogen (secondary N) is 1. The summed E-state index contributed by atoms with van der Waals surface area (Å²) in [5.41, 5.74) is 2.28. The number of aryl methyl sites for hydroxylation is 1. The predicted octanol–water partition coefficient (Wildman–Crippen LogP) is 1.58. The van der Waals surface area contributed by atoms with Crippen molar-refractivity contribution in [3.63, 3.8) is 0 Å². The molecule has 4 heteroatoms. The smallest absolute Gasteiger partial charge is 0.213 e. The molecule has 0 bridgehead atoms. The fourth-order valence-electron chi connectivity index (χ4n) is 1.77. The van der Waals surface area contributed by atoms with Crippen molar-refractivity contribution in [3.8, 4) is 5.88 Å². The van der Waals surface area contributed by atoms with Crippen molar-refractivity contribution in [2.45, 2.75) is 32.4 Å². The largest absolute Gasteiger partial charge is 0.476 e. The summed E-state index contributed by atoms with van der Waals surface area (Å²) in [4.78, 5) is 6.51. The first kappa shape index (κ1) is 13.3. The van der Waals surface area contributed by atoms with Crippen LogP contribution < -0.4 is 10.1 Å². The fourth-order valence-corrected chi connectivity index (χ4v) is 1.77. The number of ether oxygens (including phenoxy) is 1. The first-order valence-electron chi connectivity index (χ1n) is 6.62.